The summed E-state index contributed by atoms with van der Waals surface area (Å²) >= 11 is 0. The van der Waals surface area contributed by atoms with Crippen molar-refractivity contribution in [1.82, 2.24) is 4.90 Å². The van der Waals surface area contributed by atoms with Gasteiger partial charge in [-0.3, -0.25) is 4.79 Å². The summed E-state index contributed by atoms with van der Waals surface area (Å²) in [6.45, 7) is 0.778. The van der Waals surface area contributed by atoms with Crippen molar-refractivity contribution in [2.45, 2.75) is 12.8 Å². The fourth-order valence-corrected chi connectivity index (χ4v) is 1.46. The Morgan fingerprint density at radius 2 is 1.95 bits per heavy atom. The predicted octanol–water partition coefficient (Wildman–Crippen LogP) is 1.84. The van der Waals surface area contributed by atoms with Crippen molar-refractivity contribution in [2.75, 3.05) is 27.3 Å². The van der Waals surface area contributed by atoms with Gasteiger partial charge in [0, 0.05) is 13.6 Å². The van der Waals surface area contributed by atoms with Crippen molar-refractivity contribution in [1.29, 1.82) is 5.26 Å². The van der Waals surface area contributed by atoms with Crippen LogP contribution in [0.25, 0.3) is 0 Å². The minimum Gasteiger partial charge on any atom is -0.497 e. The third kappa shape index (κ3) is 5.30. The van der Waals surface area contributed by atoms with Crippen LogP contribution in [-0.2, 0) is 4.79 Å². The van der Waals surface area contributed by atoms with Gasteiger partial charge in [-0.1, -0.05) is 0 Å². The first-order chi connectivity index (χ1) is 9.17. The molecule has 1 aromatic rings. The fraction of sp³-hybridized carbons (Fsp3) is 0.429. The number of benzene rings is 1. The van der Waals surface area contributed by atoms with Crippen molar-refractivity contribution < 1.29 is 14.3 Å². The Morgan fingerprint density at radius 1 is 1.32 bits per heavy atom. The molecule has 0 atom stereocenters. The molecule has 0 heterocycles. The van der Waals surface area contributed by atoms with Gasteiger partial charge in [-0.25, -0.2) is 0 Å². The van der Waals surface area contributed by atoms with E-state index in [-0.39, 0.29) is 5.91 Å². The van der Waals surface area contributed by atoms with Crippen LogP contribution in [0.2, 0.25) is 0 Å². The number of rotatable bonds is 7. The molecule has 0 fully saturated rings. The quantitative estimate of drug-likeness (QED) is 0.752. The molecule has 0 saturated carbocycles. The van der Waals surface area contributed by atoms with Crippen molar-refractivity contribution >= 4 is 5.91 Å². The molecule has 0 spiro atoms. The van der Waals surface area contributed by atoms with Crippen LogP contribution in [0.4, 0.5) is 0 Å². The second-order valence-corrected chi connectivity index (χ2v) is 4.00. The lowest BCUT2D eigenvalue weighted by Gasteiger charge is -2.15. The fourth-order valence-electron chi connectivity index (χ4n) is 1.46. The zero-order valence-electron chi connectivity index (χ0n) is 11.3. The van der Waals surface area contributed by atoms with Gasteiger partial charge in [-0.2, -0.15) is 5.26 Å². The SMILES string of the molecule is COc1ccc(OCCC(=O)N(C)CCC#N)cc1. The van der Waals surface area contributed by atoms with Crippen molar-refractivity contribution in [3.8, 4) is 17.6 Å². The average Bonchev–Trinajstić information content (AvgIpc) is 2.45. The number of carbonyl (C=O) groups is 1. The van der Waals surface area contributed by atoms with Crippen molar-refractivity contribution in [3.05, 3.63) is 24.3 Å². The summed E-state index contributed by atoms with van der Waals surface area (Å²) in [6, 6.07) is 9.20. The summed E-state index contributed by atoms with van der Waals surface area (Å²) in [5.74, 6) is 1.44. The average molecular weight is 262 g/mol. The number of methoxy groups -OCH3 is 1. The summed E-state index contributed by atoms with van der Waals surface area (Å²) in [6.07, 6.45) is 0.648. The maximum absolute atomic E-state index is 11.7. The Balaban J connectivity index is 2.29. The van der Waals surface area contributed by atoms with E-state index < -0.39 is 0 Å². The van der Waals surface area contributed by atoms with E-state index in [0.717, 1.165) is 5.75 Å². The van der Waals surface area contributed by atoms with Gasteiger partial charge in [-0.15, -0.1) is 0 Å². The van der Waals surface area contributed by atoms with Gasteiger partial charge in [0.2, 0.25) is 5.91 Å². The van der Waals surface area contributed by atoms with Crippen LogP contribution in [0.3, 0.4) is 0 Å². The minimum atomic E-state index is -0.0243. The molecule has 0 unspecified atom stereocenters. The van der Waals surface area contributed by atoms with E-state index in [1.165, 1.54) is 0 Å². The highest BCUT2D eigenvalue weighted by molar-refractivity contribution is 5.75. The van der Waals surface area contributed by atoms with E-state index in [9.17, 15) is 4.79 Å². The van der Waals surface area contributed by atoms with Crippen LogP contribution in [0.15, 0.2) is 24.3 Å². The molecular formula is C14H18N2O3. The summed E-state index contributed by atoms with van der Waals surface area (Å²) < 4.78 is 10.5. The van der Waals surface area contributed by atoms with E-state index in [0.29, 0.717) is 31.7 Å². The van der Waals surface area contributed by atoms with E-state index in [1.807, 2.05) is 6.07 Å². The van der Waals surface area contributed by atoms with Crippen LogP contribution in [-0.4, -0.2) is 38.1 Å². The molecule has 102 valence electrons. The third-order valence-electron chi connectivity index (χ3n) is 2.63. The second kappa shape index (κ2) is 7.98. The summed E-state index contributed by atoms with van der Waals surface area (Å²) in [7, 11) is 3.29. The second-order valence-electron chi connectivity index (χ2n) is 4.00. The number of hydrogen-bond acceptors (Lipinski definition) is 4. The first-order valence-corrected chi connectivity index (χ1v) is 6.05. The highest BCUT2D eigenvalue weighted by Crippen LogP contribution is 2.17. The monoisotopic (exact) mass is 262 g/mol. The lowest BCUT2D eigenvalue weighted by atomic mass is 10.3. The number of hydrogen-bond donors (Lipinski definition) is 0. The summed E-state index contributed by atoms with van der Waals surface area (Å²) in [4.78, 5) is 13.2. The highest BCUT2D eigenvalue weighted by atomic mass is 16.5. The molecule has 1 amide bonds. The van der Waals surface area contributed by atoms with Gasteiger partial charge in [-0.05, 0) is 24.3 Å². The lowest BCUT2D eigenvalue weighted by molar-refractivity contribution is -0.130. The van der Waals surface area contributed by atoms with E-state index in [4.69, 9.17) is 14.7 Å². The summed E-state index contributed by atoms with van der Waals surface area (Å²) in [5, 5.41) is 8.44. The summed E-state index contributed by atoms with van der Waals surface area (Å²) in [5.41, 5.74) is 0. The van der Waals surface area contributed by atoms with E-state index >= 15 is 0 Å². The number of nitriles is 1. The molecule has 0 bridgehead atoms. The number of nitrogens with zero attached hydrogens (tertiary/aromatic N) is 2. The molecule has 0 aliphatic heterocycles. The van der Waals surface area contributed by atoms with Crippen molar-refractivity contribution in [3.63, 3.8) is 0 Å². The number of ether oxygens (including phenoxy) is 2. The molecular weight excluding hydrogens is 244 g/mol. The molecule has 1 aromatic carbocycles. The topological polar surface area (TPSA) is 62.6 Å². The first kappa shape index (κ1) is 14.8. The molecule has 0 saturated heterocycles. The predicted molar refractivity (Wildman–Crippen MR) is 71.0 cm³/mol. The number of carbonyl (C=O) groups excluding carboxylic acids is 1. The van der Waals surface area contributed by atoms with Crippen LogP contribution >= 0.6 is 0 Å². The molecule has 5 heteroatoms. The van der Waals surface area contributed by atoms with Gasteiger partial charge >= 0.3 is 0 Å². The van der Waals surface area contributed by atoms with Crippen LogP contribution in [0.5, 0.6) is 11.5 Å². The maximum atomic E-state index is 11.7. The standard InChI is InChI=1S/C14H18N2O3/c1-16(10-3-9-15)14(17)8-11-19-13-6-4-12(18-2)5-7-13/h4-7H,3,8,10-11H2,1-2H3. The third-order valence-corrected chi connectivity index (χ3v) is 2.63. The highest BCUT2D eigenvalue weighted by Gasteiger charge is 2.08. The number of amides is 1. The Labute approximate surface area is 113 Å². The Morgan fingerprint density at radius 3 is 2.53 bits per heavy atom. The Bertz CT molecular complexity index is 437. The molecule has 0 aliphatic rings. The van der Waals surface area contributed by atoms with Crippen LogP contribution in [0, 0.1) is 11.3 Å². The van der Waals surface area contributed by atoms with Gasteiger partial charge in [0.05, 0.1) is 32.6 Å². The molecule has 0 aliphatic carbocycles. The van der Waals surface area contributed by atoms with Gasteiger partial charge in [0.1, 0.15) is 11.5 Å². The zero-order chi connectivity index (χ0) is 14.1. The van der Waals surface area contributed by atoms with Crippen LogP contribution < -0.4 is 9.47 Å². The zero-order valence-corrected chi connectivity index (χ0v) is 11.3. The van der Waals surface area contributed by atoms with E-state index in [2.05, 4.69) is 0 Å². The largest absolute Gasteiger partial charge is 0.497 e. The first-order valence-electron chi connectivity index (χ1n) is 6.05. The minimum absolute atomic E-state index is 0.0243. The molecule has 1 rings (SSSR count). The van der Waals surface area contributed by atoms with E-state index in [1.54, 1.807) is 43.3 Å². The molecule has 0 aromatic heterocycles. The lowest BCUT2D eigenvalue weighted by Crippen LogP contribution is -2.28. The Kier molecular flexibility index (Phi) is 6.23. The molecule has 19 heavy (non-hydrogen) atoms. The van der Waals surface area contributed by atoms with Gasteiger partial charge in [0.15, 0.2) is 0 Å². The smallest absolute Gasteiger partial charge is 0.225 e. The van der Waals surface area contributed by atoms with Crippen LogP contribution in [0.1, 0.15) is 12.8 Å². The van der Waals surface area contributed by atoms with Gasteiger partial charge < -0.3 is 14.4 Å². The Hall–Kier alpha value is -2.22. The van der Waals surface area contributed by atoms with Crippen molar-refractivity contribution in [2.24, 2.45) is 0 Å². The molecule has 0 N–H and O–H groups in total. The van der Waals surface area contributed by atoms with Gasteiger partial charge in [0.25, 0.3) is 0 Å². The molecule has 0 radical (unpaired) electrons. The maximum Gasteiger partial charge on any atom is 0.225 e. The molecule has 5 nitrogen and oxygen atoms in total. The normalized spacial score (nSPS) is 9.53.